The number of hydrogen-bond donors (Lipinski definition) is 3. The van der Waals surface area contributed by atoms with Gasteiger partial charge in [0.2, 0.25) is 5.91 Å². The predicted molar refractivity (Wildman–Crippen MR) is 176 cm³/mol. The second-order valence-corrected chi connectivity index (χ2v) is 13.5. The lowest BCUT2D eigenvalue weighted by Crippen LogP contribution is -2.41. The van der Waals surface area contributed by atoms with Gasteiger partial charge < -0.3 is 19.8 Å². The highest BCUT2D eigenvalue weighted by Gasteiger charge is 2.19. The van der Waals surface area contributed by atoms with Crippen LogP contribution < -0.4 is 14.8 Å². The van der Waals surface area contributed by atoms with E-state index in [1.807, 2.05) is 48.5 Å². The molecule has 232 valence electrons. The number of hydrogen-bond acceptors (Lipinski definition) is 6. The number of anilines is 1. The second-order valence-electron chi connectivity index (χ2n) is 11.9. The van der Waals surface area contributed by atoms with Gasteiger partial charge in [-0.3, -0.25) is 14.4 Å². The number of rotatable bonds is 10. The van der Waals surface area contributed by atoms with Gasteiger partial charge >= 0.3 is 0 Å². The van der Waals surface area contributed by atoms with Gasteiger partial charge in [0.05, 0.1) is 25.2 Å². The van der Waals surface area contributed by atoms with Crippen LogP contribution in [0.15, 0.2) is 77.7 Å². The normalized spacial score (nSPS) is 14.6. The van der Waals surface area contributed by atoms with Crippen LogP contribution in [0, 0.1) is 0 Å². The van der Waals surface area contributed by atoms with Crippen LogP contribution in [-0.4, -0.2) is 70.7 Å². The summed E-state index contributed by atoms with van der Waals surface area (Å²) in [6.45, 7) is 10.7. The van der Waals surface area contributed by atoms with Gasteiger partial charge in [-0.25, -0.2) is 8.42 Å². The zero-order valence-corrected chi connectivity index (χ0v) is 26.5. The molecule has 44 heavy (non-hydrogen) atoms. The first-order valence-corrected chi connectivity index (χ1v) is 16.2. The summed E-state index contributed by atoms with van der Waals surface area (Å²) in [5, 5.41) is 3.75. The number of carbonyl (C=O) groups excluding carboxylic acids is 1. The molecule has 1 aliphatic rings. The van der Waals surface area contributed by atoms with Crippen molar-refractivity contribution in [2.75, 3.05) is 51.2 Å². The molecule has 0 unspecified atom stereocenters. The van der Waals surface area contributed by atoms with Gasteiger partial charge in [-0.1, -0.05) is 45.0 Å². The lowest BCUT2D eigenvalue weighted by Gasteiger charge is -2.26. The minimum Gasteiger partial charge on any atom is -0.497 e. The lowest BCUT2D eigenvalue weighted by molar-refractivity contribution is -0.116. The van der Waals surface area contributed by atoms with E-state index in [0.29, 0.717) is 23.7 Å². The number of nitrogens with zero attached hydrogens (tertiary/aromatic N) is 1. The molecule has 0 bridgehead atoms. The Morgan fingerprint density at radius 2 is 1.80 bits per heavy atom. The molecule has 5 rings (SSSR count). The molecular weight excluding hydrogens is 576 g/mol. The predicted octanol–water partition coefficient (Wildman–Crippen LogP) is 5.40. The third-order valence-electron chi connectivity index (χ3n) is 7.70. The van der Waals surface area contributed by atoms with Crippen LogP contribution in [0.5, 0.6) is 5.75 Å². The minimum atomic E-state index is -3.82. The van der Waals surface area contributed by atoms with E-state index in [4.69, 9.17) is 9.47 Å². The summed E-state index contributed by atoms with van der Waals surface area (Å²) in [5.74, 6) is 0.489. The van der Waals surface area contributed by atoms with Crippen molar-refractivity contribution in [3.05, 3.63) is 84.1 Å². The molecule has 4 aromatic rings. The highest BCUT2D eigenvalue weighted by Crippen LogP contribution is 2.36. The van der Waals surface area contributed by atoms with E-state index >= 15 is 0 Å². The van der Waals surface area contributed by atoms with E-state index in [-0.39, 0.29) is 16.2 Å². The van der Waals surface area contributed by atoms with Crippen LogP contribution in [-0.2, 0) is 25.0 Å². The Morgan fingerprint density at radius 1 is 1.05 bits per heavy atom. The van der Waals surface area contributed by atoms with Gasteiger partial charge in [0.25, 0.3) is 10.0 Å². The molecule has 1 amide bonds. The fourth-order valence-corrected chi connectivity index (χ4v) is 6.27. The fourth-order valence-electron chi connectivity index (χ4n) is 5.22. The third kappa shape index (κ3) is 7.50. The Kier molecular flexibility index (Phi) is 9.43. The molecule has 0 saturated carbocycles. The van der Waals surface area contributed by atoms with Gasteiger partial charge in [-0.05, 0) is 65.1 Å². The molecule has 1 saturated heterocycles. The van der Waals surface area contributed by atoms with Crippen molar-refractivity contribution < 1.29 is 22.7 Å². The SMILES string of the molecule is COc1cccc(-c2c(C=CC(=O)NCCN3CCOCC3)[nH]c3ccc(NS(=O)(=O)c4ccc(C(C)(C)C)cc4)cc23)c1. The number of aromatic nitrogens is 1. The summed E-state index contributed by atoms with van der Waals surface area (Å²) in [5.41, 5.74) is 4.60. The van der Waals surface area contributed by atoms with E-state index in [9.17, 15) is 13.2 Å². The Balaban J connectivity index is 1.42. The number of methoxy groups -OCH3 is 1. The summed E-state index contributed by atoms with van der Waals surface area (Å²) in [7, 11) is -2.21. The zero-order chi connectivity index (χ0) is 31.3. The number of H-pyrrole nitrogens is 1. The van der Waals surface area contributed by atoms with Crippen molar-refractivity contribution in [2.24, 2.45) is 0 Å². The number of ether oxygens (including phenoxy) is 2. The maximum atomic E-state index is 13.3. The van der Waals surface area contributed by atoms with Crippen molar-refractivity contribution in [2.45, 2.75) is 31.1 Å². The highest BCUT2D eigenvalue weighted by molar-refractivity contribution is 7.92. The number of benzene rings is 3. The highest BCUT2D eigenvalue weighted by atomic mass is 32.2. The molecule has 3 N–H and O–H groups in total. The molecule has 0 spiro atoms. The van der Waals surface area contributed by atoms with Gasteiger partial charge in [-0.2, -0.15) is 0 Å². The molecule has 1 aliphatic heterocycles. The lowest BCUT2D eigenvalue weighted by atomic mass is 9.87. The van der Waals surface area contributed by atoms with Crippen LogP contribution >= 0.6 is 0 Å². The number of fused-ring (bicyclic) bond motifs is 1. The van der Waals surface area contributed by atoms with Crippen molar-refractivity contribution in [1.29, 1.82) is 0 Å². The Morgan fingerprint density at radius 3 is 2.50 bits per heavy atom. The van der Waals surface area contributed by atoms with E-state index in [0.717, 1.165) is 60.4 Å². The maximum absolute atomic E-state index is 13.3. The van der Waals surface area contributed by atoms with Gasteiger partial charge in [-0.15, -0.1) is 0 Å². The number of amides is 1. The van der Waals surface area contributed by atoms with Crippen LogP contribution in [0.1, 0.15) is 32.0 Å². The summed E-state index contributed by atoms with van der Waals surface area (Å²) in [6.07, 6.45) is 3.26. The molecule has 1 fully saturated rings. The fraction of sp³-hybridized carbons (Fsp3) is 0.324. The van der Waals surface area contributed by atoms with E-state index in [1.54, 1.807) is 31.4 Å². The summed E-state index contributed by atoms with van der Waals surface area (Å²) in [6, 6.07) is 20.0. The smallest absolute Gasteiger partial charge is 0.261 e. The average Bonchev–Trinajstić information content (AvgIpc) is 3.37. The number of aromatic amines is 1. The van der Waals surface area contributed by atoms with Crippen LogP contribution in [0.4, 0.5) is 5.69 Å². The Bertz CT molecular complexity index is 1750. The third-order valence-corrected chi connectivity index (χ3v) is 9.10. The van der Waals surface area contributed by atoms with Crippen molar-refractivity contribution in [3.8, 4) is 16.9 Å². The second kappa shape index (κ2) is 13.3. The van der Waals surface area contributed by atoms with Crippen molar-refractivity contribution in [3.63, 3.8) is 0 Å². The first-order valence-electron chi connectivity index (χ1n) is 14.7. The first kappa shape index (κ1) is 31.3. The number of carbonyl (C=O) groups is 1. The molecule has 10 heteroatoms. The van der Waals surface area contributed by atoms with Gasteiger partial charge in [0, 0.05) is 60.1 Å². The molecule has 9 nitrogen and oxygen atoms in total. The van der Waals surface area contributed by atoms with Gasteiger partial charge in [0.1, 0.15) is 5.75 Å². The number of nitrogens with one attached hydrogen (secondary N) is 3. The van der Waals surface area contributed by atoms with Crippen LogP contribution in [0.25, 0.3) is 28.1 Å². The van der Waals surface area contributed by atoms with E-state index in [1.165, 1.54) is 6.08 Å². The molecule has 0 radical (unpaired) electrons. The standard InChI is InChI=1S/C34H40N4O5S/c1-34(2,3)25-8-11-28(12-9-25)44(40,41)37-26-10-13-30-29(23-26)33(24-6-5-7-27(22-24)42-4)31(36-30)14-15-32(39)35-16-17-38-18-20-43-21-19-38/h5-15,22-23,36-37H,16-21H2,1-4H3,(H,35,39). The largest absolute Gasteiger partial charge is 0.497 e. The van der Waals surface area contributed by atoms with Gasteiger partial charge in [0.15, 0.2) is 0 Å². The summed E-state index contributed by atoms with van der Waals surface area (Å²) < 4.78 is 40.2. The monoisotopic (exact) mass is 616 g/mol. The molecule has 0 atom stereocenters. The van der Waals surface area contributed by atoms with Crippen molar-refractivity contribution >= 4 is 38.6 Å². The van der Waals surface area contributed by atoms with Crippen molar-refractivity contribution in [1.82, 2.24) is 15.2 Å². The molecule has 0 aliphatic carbocycles. The zero-order valence-electron chi connectivity index (χ0n) is 25.6. The topological polar surface area (TPSA) is 113 Å². The molecule has 1 aromatic heterocycles. The quantitative estimate of drug-likeness (QED) is 0.206. The number of sulfonamides is 1. The first-order chi connectivity index (χ1) is 21.0. The maximum Gasteiger partial charge on any atom is 0.261 e. The molecular formula is C34H40N4O5S. The van der Waals surface area contributed by atoms with Crippen LogP contribution in [0.3, 0.4) is 0 Å². The van der Waals surface area contributed by atoms with Crippen LogP contribution in [0.2, 0.25) is 0 Å². The Hall–Kier alpha value is -4.12. The molecule has 2 heterocycles. The molecule has 3 aromatic carbocycles. The number of morpholine rings is 1. The van der Waals surface area contributed by atoms with E-state index < -0.39 is 10.0 Å². The average molecular weight is 617 g/mol. The summed E-state index contributed by atoms with van der Waals surface area (Å²) in [4.78, 5) is 18.5. The minimum absolute atomic E-state index is 0.0820. The Labute approximate surface area is 259 Å². The van der Waals surface area contributed by atoms with E-state index in [2.05, 4.69) is 40.7 Å². The summed E-state index contributed by atoms with van der Waals surface area (Å²) >= 11 is 0.